The molecule has 4 aromatic rings. The van der Waals surface area contributed by atoms with Crippen LogP contribution in [0.15, 0.2) is 83.8 Å². The number of fused-ring (bicyclic) bond motifs is 1. The Morgan fingerprint density at radius 2 is 1.72 bits per heavy atom. The van der Waals surface area contributed by atoms with Crippen LogP contribution in [0.25, 0.3) is 10.9 Å². The van der Waals surface area contributed by atoms with Gasteiger partial charge in [-0.05, 0) is 42.0 Å². The SMILES string of the molecule is O=C(O)c1cc2cc(NC(=O)C(Cc3ccccc3)OS(=O)(=O)c3ccc([N+](=O)[O-])cc3)ccc2[nH]1. The molecule has 1 aromatic heterocycles. The molecule has 36 heavy (non-hydrogen) atoms. The van der Waals surface area contributed by atoms with Crippen molar-refractivity contribution in [3.63, 3.8) is 0 Å². The number of carboxylic acid groups (broad SMARTS) is 1. The molecular formula is C24H19N3O8S. The molecule has 184 valence electrons. The molecule has 1 heterocycles. The Labute approximate surface area is 204 Å². The molecule has 4 rings (SSSR count). The molecule has 0 saturated carbocycles. The molecular weight excluding hydrogens is 490 g/mol. The lowest BCUT2D eigenvalue weighted by Gasteiger charge is -2.18. The maximum Gasteiger partial charge on any atom is 0.352 e. The molecule has 3 aromatic carbocycles. The minimum absolute atomic E-state index is 0.0204. The summed E-state index contributed by atoms with van der Waals surface area (Å²) in [4.78, 5) is 36.9. The average molecular weight is 509 g/mol. The van der Waals surface area contributed by atoms with Gasteiger partial charge in [-0.1, -0.05) is 30.3 Å². The Morgan fingerprint density at radius 3 is 2.36 bits per heavy atom. The summed E-state index contributed by atoms with van der Waals surface area (Å²) in [5.41, 5.74) is 1.18. The highest BCUT2D eigenvalue weighted by Gasteiger charge is 2.28. The maximum absolute atomic E-state index is 13.1. The van der Waals surface area contributed by atoms with Gasteiger partial charge in [0, 0.05) is 35.1 Å². The van der Waals surface area contributed by atoms with Crippen LogP contribution in [0.2, 0.25) is 0 Å². The number of aromatic amines is 1. The molecule has 1 atom stereocenters. The fourth-order valence-electron chi connectivity index (χ4n) is 3.49. The van der Waals surface area contributed by atoms with E-state index in [0.717, 1.165) is 24.3 Å². The number of non-ortho nitro benzene ring substituents is 1. The highest BCUT2D eigenvalue weighted by Crippen LogP contribution is 2.23. The van der Waals surface area contributed by atoms with Gasteiger partial charge in [0.05, 0.1) is 9.82 Å². The van der Waals surface area contributed by atoms with Gasteiger partial charge < -0.3 is 15.4 Å². The molecule has 0 bridgehead atoms. The minimum atomic E-state index is -4.45. The van der Waals surface area contributed by atoms with Crippen molar-refractivity contribution in [2.45, 2.75) is 17.4 Å². The van der Waals surface area contributed by atoms with Crippen LogP contribution in [0.4, 0.5) is 11.4 Å². The van der Waals surface area contributed by atoms with Crippen LogP contribution in [0, 0.1) is 10.1 Å². The molecule has 11 nitrogen and oxygen atoms in total. The summed E-state index contributed by atoms with van der Waals surface area (Å²) in [7, 11) is -4.45. The number of hydrogen-bond acceptors (Lipinski definition) is 7. The number of nitro benzene ring substituents is 1. The maximum atomic E-state index is 13.1. The number of nitro groups is 1. The second-order valence-electron chi connectivity index (χ2n) is 7.76. The molecule has 1 unspecified atom stereocenters. The highest BCUT2D eigenvalue weighted by atomic mass is 32.2. The number of aromatic nitrogens is 1. The van der Waals surface area contributed by atoms with E-state index in [0.29, 0.717) is 22.2 Å². The van der Waals surface area contributed by atoms with Gasteiger partial charge in [0.1, 0.15) is 5.69 Å². The monoisotopic (exact) mass is 509 g/mol. The number of rotatable bonds is 9. The van der Waals surface area contributed by atoms with Crippen LogP contribution in [-0.2, 0) is 25.5 Å². The van der Waals surface area contributed by atoms with E-state index >= 15 is 0 Å². The first-order valence-corrected chi connectivity index (χ1v) is 11.9. The van der Waals surface area contributed by atoms with E-state index in [1.165, 1.54) is 12.1 Å². The molecule has 0 radical (unpaired) electrons. The molecule has 0 aliphatic rings. The Balaban J connectivity index is 1.60. The Bertz CT molecular complexity index is 1550. The van der Waals surface area contributed by atoms with Crippen LogP contribution < -0.4 is 5.32 Å². The Kier molecular flexibility index (Phi) is 6.81. The predicted octanol–water partition coefficient (Wildman–Crippen LogP) is 3.73. The summed E-state index contributed by atoms with van der Waals surface area (Å²) < 4.78 is 31.1. The Morgan fingerprint density at radius 1 is 1.03 bits per heavy atom. The predicted molar refractivity (Wildman–Crippen MR) is 129 cm³/mol. The number of nitrogens with zero attached hydrogens (tertiary/aromatic N) is 1. The fourth-order valence-corrected chi connectivity index (χ4v) is 4.53. The van der Waals surface area contributed by atoms with Crippen LogP contribution in [0.1, 0.15) is 16.1 Å². The van der Waals surface area contributed by atoms with Crippen molar-refractivity contribution < 1.29 is 32.2 Å². The summed E-state index contributed by atoms with van der Waals surface area (Å²) >= 11 is 0. The van der Waals surface area contributed by atoms with Gasteiger partial charge >= 0.3 is 5.97 Å². The highest BCUT2D eigenvalue weighted by molar-refractivity contribution is 7.86. The van der Waals surface area contributed by atoms with E-state index in [9.17, 15) is 28.1 Å². The van der Waals surface area contributed by atoms with Gasteiger partial charge in [0.15, 0.2) is 6.10 Å². The van der Waals surface area contributed by atoms with Crippen molar-refractivity contribution >= 4 is 44.3 Å². The molecule has 0 aliphatic heterocycles. The number of amides is 1. The van der Waals surface area contributed by atoms with E-state index < -0.39 is 33.0 Å². The number of carbonyl (C=O) groups is 2. The van der Waals surface area contributed by atoms with E-state index in [1.807, 2.05) is 0 Å². The van der Waals surface area contributed by atoms with Crippen molar-refractivity contribution in [3.8, 4) is 0 Å². The van der Waals surface area contributed by atoms with Crippen molar-refractivity contribution in [1.29, 1.82) is 0 Å². The molecule has 0 fully saturated rings. The van der Waals surface area contributed by atoms with Crippen molar-refractivity contribution in [2.75, 3.05) is 5.32 Å². The zero-order valence-corrected chi connectivity index (χ0v) is 19.3. The third kappa shape index (κ3) is 5.56. The van der Waals surface area contributed by atoms with Gasteiger partial charge in [-0.2, -0.15) is 8.42 Å². The lowest BCUT2D eigenvalue weighted by Crippen LogP contribution is -2.34. The number of benzene rings is 3. The first-order valence-electron chi connectivity index (χ1n) is 10.5. The zero-order valence-electron chi connectivity index (χ0n) is 18.5. The van der Waals surface area contributed by atoms with E-state index in [1.54, 1.807) is 42.5 Å². The van der Waals surface area contributed by atoms with Crippen LogP contribution >= 0.6 is 0 Å². The van der Waals surface area contributed by atoms with Crippen LogP contribution in [0.3, 0.4) is 0 Å². The topological polar surface area (TPSA) is 169 Å². The van der Waals surface area contributed by atoms with Crippen LogP contribution in [-0.4, -0.2) is 41.4 Å². The lowest BCUT2D eigenvalue weighted by atomic mass is 10.1. The summed E-state index contributed by atoms with van der Waals surface area (Å²) in [5.74, 6) is -1.89. The summed E-state index contributed by atoms with van der Waals surface area (Å²) in [5, 5.41) is 23.2. The number of aromatic carboxylic acids is 1. The summed E-state index contributed by atoms with van der Waals surface area (Å²) in [6.45, 7) is 0. The second-order valence-corrected chi connectivity index (χ2v) is 9.33. The quantitative estimate of drug-likeness (QED) is 0.174. The van der Waals surface area contributed by atoms with Gasteiger partial charge in [-0.15, -0.1) is 0 Å². The van der Waals surface area contributed by atoms with Crippen molar-refractivity contribution in [3.05, 3.63) is 100 Å². The van der Waals surface area contributed by atoms with Gasteiger partial charge in [-0.25, -0.2) is 4.79 Å². The number of hydrogen-bond donors (Lipinski definition) is 3. The van der Waals surface area contributed by atoms with Crippen molar-refractivity contribution in [2.24, 2.45) is 0 Å². The number of H-pyrrole nitrogens is 1. The number of anilines is 1. The average Bonchev–Trinajstić information content (AvgIpc) is 3.28. The van der Waals surface area contributed by atoms with Gasteiger partial charge in [-0.3, -0.25) is 19.1 Å². The Hall–Kier alpha value is -4.55. The largest absolute Gasteiger partial charge is 0.477 e. The van der Waals surface area contributed by atoms with E-state index in [-0.39, 0.29) is 22.7 Å². The molecule has 0 aliphatic carbocycles. The first-order chi connectivity index (χ1) is 17.1. The third-order valence-electron chi connectivity index (χ3n) is 5.25. The molecule has 0 spiro atoms. The van der Waals surface area contributed by atoms with Gasteiger partial charge in [0.2, 0.25) is 0 Å². The standard InChI is InChI=1S/C24H19N3O8S/c28-23(25-17-6-11-20-16(13-17)14-21(26-20)24(29)30)22(12-15-4-2-1-3-5-15)35-36(33,34)19-9-7-18(8-10-19)27(31)32/h1-11,13-14,22,26H,12H2,(H,25,28)(H,29,30). The first kappa shape index (κ1) is 24.6. The zero-order chi connectivity index (χ0) is 25.9. The summed E-state index contributed by atoms with van der Waals surface area (Å²) in [6, 6.07) is 18.8. The van der Waals surface area contributed by atoms with Gasteiger partial charge in [0.25, 0.3) is 21.7 Å². The normalized spacial score (nSPS) is 12.2. The smallest absolute Gasteiger partial charge is 0.352 e. The van der Waals surface area contributed by atoms with E-state index in [4.69, 9.17) is 9.29 Å². The third-order valence-corrected chi connectivity index (χ3v) is 6.59. The van der Waals surface area contributed by atoms with Crippen molar-refractivity contribution in [1.82, 2.24) is 4.98 Å². The minimum Gasteiger partial charge on any atom is -0.477 e. The molecule has 3 N–H and O–H groups in total. The number of carboxylic acids is 1. The second kappa shape index (κ2) is 9.98. The number of nitrogens with one attached hydrogen (secondary N) is 2. The van der Waals surface area contributed by atoms with E-state index in [2.05, 4.69) is 10.3 Å². The lowest BCUT2D eigenvalue weighted by molar-refractivity contribution is -0.384. The molecule has 1 amide bonds. The van der Waals surface area contributed by atoms with Crippen LogP contribution in [0.5, 0.6) is 0 Å². The fraction of sp³-hybridized carbons (Fsp3) is 0.0833. The number of carbonyl (C=O) groups excluding carboxylic acids is 1. The summed E-state index contributed by atoms with van der Waals surface area (Å²) in [6.07, 6.45) is -1.54. The molecule has 0 saturated heterocycles. The molecule has 12 heteroatoms.